The highest BCUT2D eigenvalue weighted by Crippen LogP contribution is 2.26. The number of hydrogen-bond acceptors (Lipinski definition) is 5. The Bertz CT molecular complexity index is 1520. The number of nitrogens with one attached hydrogen (secondary N) is 1. The van der Waals surface area contributed by atoms with Crippen LogP contribution in [-0.4, -0.2) is 25.4 Å². The Morgan fingerprint density at radius 1 is 0.973 bits per heavy atom. The second-order valence-electron chi connectivity index (χ2n) is 8.17. The topological polar surface area (TPSA) is 89.8 Å². The average molecular weight is 515 g/mol. The van der Waals surface area contributed by atoms with Crippen LogP contribution in [0, 0.1) is 18.6 Å². The van der Waals surface area contributed by atoms with Crippen LogP contribution in [0.2, 0.25) is 0 Å². The van der Waals surface area contributed by atoms with E-state index in [1.54, 1.807) is 13.0 Å². The van der Waals surface area contributed by atoms with Crippen molar-refractivity contribution in [1.82, 2.24) is 24.8 Å². The van der Waals surface area contributed by atoms with Crippen LogP contribution in [0.25, 0.3) is 16.9 Å². The lowest BCUT2D eigenvalue weighted by molar-refractivity contribution is -0.145. The number of pyridine rings is 2. The molecule has 1 amide bonds. The minimum absolute atomic E-state index is 0.0830. The standard InChI is InChI=1S/C25H18F5N5O2/c1-13-3-6-21(31-9-13)35-12-15(7-19(23(35)37)18-5-4-17(26)8-20(18)27)22(36)34-14(2)16-10-32-24(33-11-16)25(28,29)30/h3-12,14H,1-2H3,(H,34,36)/t14-/m1/s1. The van der Waals surface area contributed by atoms with E-state index in [0.717, 1.165) is 40.7 Å². The van der Waals surface area contributed by atoms with E-state index < -0.39 is 41.1 Å². The zero-order chi connectivity index (χ0) is 26.9. The summed E-state index contributed by atoms with van der Waals surface area (Å²) in [6.07, 6.45) is -0.126. The monoisotopic (exact) mass is 515 g/mol. The average Bonchev–Trinajstić information content (AvgIpc) is 2.84. The van der Waals surface area contributed by atoms with Crippen molar-refractivity contribution in [1.29, 1.82) is 0 Å². The van der Waals surface area contributed by atoms with E-state index in [1.165, 1.54) is 25.4 Å². The molecular weight excluding hydrogens is 497 g/mol. The third kappa shape index (κ3) is 5.52. The SMILES string of the molecule is Cc1ccc(-n2cc(C(=O)N[C@H](C)c3cnc(C(F)(F)F)nc3)cc(-c3ccc(F)cc3F)c2=O)nc1. The Morgan fingerprint density at radius 2 is 1.68 bits per heavy atom. The molecule has 12 heteroatoms. The Morgan fingerprint density at radius 3 is 2.27 bits per heavy atom. The van der Waals surface area contributed by atoms with Gasteiger partial charge in [-0.2, -0.15) is 13.2 Å². The van der Waals surface area contributed by atoms with Gasteiger partial charge in [-0.15, -0.1) is 0 Å². The van der Waals surface area contributed by atoms with Crippen LogP contribution in [0.4, 0.5) is 22.0 Å². The van der Waals surface area contributed by atoms with E-state index in [9.17, 15) is 31.5 Å². The van der Waals surface area contributed by atoms with Crippen LogP contribution in [0.5, 0.6) is 0 Å². The second-order valence-corrected chi connectivity index (χ2v) is 8.17. The molecule has 0 saturated carbocycles. The first-order valence-electron chi connectivity index (χ1n) is 10.8. The molecule has 3 aromatic heterocycles. The fourth-order valence-electron chi connectivity index (χ4n) is 3.45. The molecule has 1 atom stereocenters. The van der Waals surface area contributed by atoms with Crippen LogP contribution >= 0.6 is 0 Å². The number of alkyl halides is 3. The van der Waals surface area contributed by atoms with Gasteiger partial charge in [0.05, 0.1) is 17.2 Å². The minimum atomic E-state index is -4.71. The fourth-order valence-corrected chi connectivity index (χ4v) is 3.45. The Balaban J connectivity index is 1.74. The largest absolute Gasteiger partial charge is 0.451 e. The molecule has 0 fully saturated rings. The Kier molecular flexibility index (Phi) is 6.84. The molecule has 3 heterocycles. The number of aryl methyl sites for hydroxylation is 1. The van der Waals surface area contributed by atoms with Gasteiger partial charge in [0.1, 0.15) is 17.5 Å². The van der Waals surface area contributed by atoms with Crippen LogP contribution in [0.3, 0.4) is 0 Å². The van der Waals surface area contributed by atoms with Gasteiger partial charge in [-0.05, 0) is 43.7 Å². The highest BCUT2D eigenvalue weighted by Gasteiger charge is 2.34. The molecule has 0 saturated heterocycles. The molecule has 0 aliphatic heterocycles. The Hall–Kier alpha value is -4.48. The van der Waals surface area contributed by atoms with Gasteiger partial charge >= 0.3 is 6.18 Å². The van der Waals surface area contributed by atoms with Crippen molar-refractivity contribution < 1.29 is 26.7 Å². The maximum Gasteiger partial charge on any atom is 0.451 e. The first-order valence-corrected chi connectivity index (χ1v) is 10.8. The van der Waals surface area contributed by atoms with E-state index in [2.05, 4.69) is 20.3 Å². The van der Waals surface area contributed by atoms with Crippen LogP contribution in [0.1, 0.15) is 40.3 Å². The van der Waals surface area contributed by atoms with Gasteiger partial charge in [-0.1, -0.05) is 6.07 Å². The molecule has 1 N–H and O–H groups in total. The Labute approximate surface area is 206 Å². The van der Waals surface area contributed by atoms with E-state index >= 15 is 0 Å². The summed E-state index contributed by atoms with van der Waals surface area (Å²) in [6, 6.07) is 6.22. The highest BCUT2D eigenvalue weighted by molar-refractivity contribution is 5.95. The number of carbonyl (C=O) groups is 1. The molecule has 4 aromatic rings. The number of halogens is 5. The summed E-state index contributed by atoms with van der Waals surface area (Å²) >= 11 is 0. The fraction of sp³-hybridized carbons (Fsp3) is 0.160. The van der Waals surface area contributed by atoms with Gasteiger partial charge in [0.2, 0.25) is 5.82 Å². The molecule has 0 aliphatic carbocycles. The zero-order valence-corrected chi connectivity index (χ0v) is 19.3. The molecule has 7 nitrogen and oxygen atoms in total. The number of rotatable bonds is 5. The maximum absolute atomic E-state index is 14.6. The van der Waals surface area contributed by atoms with Crippen molar-refractivity contribution in [3.05, 3.63) is 106 Å². The number of amides is 1. The summed E-state index contributed by atoms with van der Waals surface area (Å²) < 4.78 is 67.3. The zero-order valence-electron chi connectivity index (χ0n) is 19.3. The summed E-state index contributed by atoms with van der Waals surface area (Å²) in [5.74, 6) is -3.75. The highest BCUT2D eigenvalue weighted by atomic mass is 19.4. The van der Waals surface area contributed by atoms with E-state index in [-0.39, 0.29) is 28.1 Å². The van der Waals surface area contributed by atoms with Gasteiger partial charge < -0.3 is 5.32 Å². The molecule has 0 aliphatic rings. The molecule has 190 valence electrons. The van der Waals surface area contributed by atoms with Crippen LogP contribution < -0.4 is 10.9 Å². The molecule has 0 unspecified atom stereocenters. The summed E-state index contributed by atoms with van der Waals surface area (Å²) in [6.45, 7) is 3.29. The molecular formula is C25H18F5N5O2. The number of benzene rings is 1. The molecule has 0 bridgehead atoms. The third-order valence-corrected chi connectivity index (χ3v) is 5.42. The van der Waals surface area contributed by atoms with Crippen LogP contribution in [0.15, 0.2) is 66.0 Å². The lowest BCUT2D eigenvalue weighted by atomic mass is 10.0. The number of aromatic nitrogens is 4. The van der Waals surface area contributed by atoms with E-state index in [0.29, 0.717) is 6.07 Å². The lowest BCUT2D eigenvalue weighted by Gasteiger charge is -2.16. The smallest absolute Gasteiger partial charge is 0.345 e. The summed E-state index contributed by atoms with van der Waals surface area (Å²) in [5, 5.41) is 2.59. The predicted octanol–water partition coefficient (Wildman–Crippen LogP) is 4.79. The molecule has 0 spiro atoms. The summed E-state index contributed by atoms with van der Waals surface area (Å²) in [7, 11) is 0. The predicted molar refractivity (Wildman–Crippen MR) is 123 cm³/mol. The lowest BCUT2D eigenvalue weighted by Crippen LogP contribution is -2.30. The van der Waals surface area contributed by atoms with Crippen molar-refractivity contribution >= 4 is 5.91 Å². The van der Waals surface area contributed by atoms with Crippen molar-refractivity contribution in [2.45, 2.75) is 26.1 Å². The maximum atomic E-state index is 14.6. The van der Waals surface area contributed by atoms with Crippen LogP contribution in [-0.2, 0) is 6.18 Å². The summed E-state index contributed by atoms with van der Waals surface area (Å²) in [4.78, 5) is 37.1. The molecule has 0 radical (unpaired) electrons. The van der Waals surface area contributed by atoms with Crippen molar-refractivity contribution in [2.75, 3.05) is 0 Å². The van der Waals surface area contributed by atoms with Gasteiger partial charge in [-0.3, -0.25) is 14.2 Å². The summed E-state index contributed by atoms with van der Waals surface area (Å²) in [5.41, 5.74) is -0.241. The number of nitrogens with zero attached hydrogens (tertiary/aromatic N) is 4. The third-order valence-electron chi connectivity index (χ3n) is 5.42. The molecule has 1 aromatic carbocycles. The van der Waals surface area contributed by atoms with Crippen molar-refractivity contribution in [2.24, 2.45) is 0 Å². The second kappa shape index (κ2) is 9.88. The molecule has 37 heavy (non-hydrogen) atoms. The number of carbonyl (C=O) groups excluding carboxylic acids is 1. The number of hydrogen-bond donors (Lipinski definition) is 1. The first-order chi connectivity index (χ1) is 17.4. The van der Waals surface area contributed by atoms with E-state index in [1.807, 2.05) is 0 Å². The molecule has 4 rings (SSSR count). The van der Waals surface area contributed by atoms with Gasteiger partial charge in [-0.25, -0.2) is 23.7 Å². The minimum Gasteiger partial charge on any atom is -0.345 e. The van der Waals surface area contributed by atoms with Crippen molar-refractivity contribution in [3.63, 3.8) is 0 Å². The van der Waals surface area contributed by atoms with E-state index in [4.69, 9.17) is 0 Å². The van der Waals surface area contributed by atoms with Crippen molar-refractivity contribution in [3.8, 4) is 16.9 Å². The first kappa shape index (κ1) is 25.6. The van der Waals surface area contributed by atoms with Gasteiger partial charge in [0.25, 0.3) is 11.5 Å². The quantitative estimate of drug-likeness (QED) is 0.386. The van der Waals surface area contributed by atoms with Gasteiger partial charge in [0, 0.05) is 42.0 Å². The normalized spacial score (nSPS) is 12.3. The van der Waals surface area contributed by atoms with Gasteiger partial charge in [0.15, 0.2) is 0 Å².